The Labute approximate surface area is 106 Å². The van der Waals surface area contributed by atoms with E-state index in [2.05, 4.69) is 6.07 Å². The number of nitrogens with zero attached hydrogens (tertiary/aromatic N) is 1. The second-order valence-electron chi connectivity index (χ2n) is 3.95. The summed E-state index contributed by atoms with van der Waals surface area (Å²) >= 11 is 0. The Morgan fingerprint density at radius 3 is 2.33 bits per heavy atom. The van der Waals surface area contributed by atoms with Crippen molar-refractivity contribution in [2.45, 2.75) is 12.5 Å². The van der Waals surface area contributed by atoms with Gasteiger partial charge in [0.15, 0.2) is 0 Å². The molecule has 0 bridgehead atoms. The van der Waals surface area contributed by atoms with Crippen molar-refractivity contribution >= 4 is 5.69 Å². The normalized spacial score (nSPS) is 11.5. The van der Waals surface area contributed by atoms with Crippen LogP contribution >= 0.6 is 0 Å². The molecule has 2 rings (SSSR count). The molecule has 0 heterocycles. The molecule has 0 saturated heterocycles. The molecule has 0 aliphatic rings. The molecule has 0 amide bonds. The van der Waals surface area contributed by atoms with Crippen LogP contribution in [-0.4, -0.2) is 0 Å². The third-order valence-electron chi connectivity index (χ3n) is 2.61. The highest BCUT2D eigenvalue weighted by Crippen LogP contribution is 2.24. The van der Waals surface area contributed by atoms with E-state index < -0.39 is 0 Å². The third-order valence-corrected chi connectivity index (χ3v) is 2.61. The number of hydrogen-bond acceptors (Lipinski definition) is 3. The number of rotatable bonds is 4. The first-order valence-corrected chi connectivity index (χ1v) is 5.73. The molecule has 18 heavy (non-hydrogen) atoms. The largest absolute Gasteiger partial charge is 0.485 e. The fraction of sp³-hybridized carbons (Fsp3) is 0.133. The van der Waals surface area contributed by atoms with Gasteiger partial charge in [-0.1, -0.05) is 30.3 Å². The fourth-order valence-corrected chi connectivity index (χ4v) is 1.69. The quantitative estimate of drug-likeness (QED) is 0.831. The van der Waals surface area contributed by atoms with Gasteiger partial charge in [0.05, 0.1) is 12.5 Å². The van der Waals surface area contributed by atoms with E-state index in [1.54, 1.807) is 12.1 Å². The molecule has 2 aromatic carbocycles. The molecule has 0 aliphatic heterocycles. The maximum Gasteiger partial charge on any atom is 0.137 e. The van der Waals surface area contributed by atoms with E-state index in [4.69, 9.17) is 15.7 Å². The summed E-state index contributed by atoms with van der Waals surface area (Å²) in [5.41, 5.74) is 7.31. The molecule has 0 aromatic heterocycles. The highest BCUT2D eigenvalue weighted by molar-refractivity contribution is 5.41. The van der Waals surface area contributed by atoms with Gasteiger partial charge in [0.1, 0.15) is 11.9 Å². The Hall–Kier alpha value is -2.47. The highest BCUT2D eigenvalue weighted by atomic mass is 16.5. The summed E-state index contributed by atoms with van der Waals surface area (Å²) in [5.74, 6) is 0.716. The Kier molecular flexibility index (Phi) is 3.83. The van der Waals surface area contributed by atoms with Gasteiger partial charge < -0.3 is 10.5 Å². The lowest BCUT2D eigenvalue weighted by Crippen LogP contribution is -2.06. The summed E-state index contributed by atoms with van der Waals surface area (Å²) in [6.07, 6.45) is 0.0637. The summed E-state index contributed by atoms with van der Waals surface area (Å²) in [5, 5.41) is 8.87. The van der Waals surface area contributed by atoms with Gasteiger partial charge in [-0.25, -0.2) is 0 Å². The van der Waals surface area contributed by atoms with Crippen LogP contribution in [0.3, 0.4) is 0 Å². The molecule has 0 radical (unpaired) electrons. The maximum atomic E-state index is 8.87. The average Bonchev–Trinajstić information content (AvgIpc) is 2.42. The zero-order valence-electron chi connectivity index (χ0n) is 9.91. The first-order chi connectivity index (χ1) is 8.79. The van der Waals surface area contributed by atoms with Gasteiger partial charge in [0.2, 0.25) is 0 Å². The fourth-order valence-electron chi connectivity index (χ4n) is 1.69. The van der Waals surface area contributed by atoms with Crippen LogP contribution in [0.1, 0.15) is 18.1 Å². The zero-order valence-corrected chi connectivity index (χ0v) is 9.91. The Morgan fingerprint density at radius 1 is 1.06 bits per heavy atom. The summed E-state index contributed by atoms with van der Waals surface area (Å²) in [6.45, 7) is 0. The molecule has 2 aromatic rings. The molecular weight excluding hydrogens is 224 g/mol. The third kappa shape index (κ3) is 3.02. The standard InChI is InChI=1S/C15H14N2O/c16-11-10-15(12-4-2-1-3-5-12)18-14-8-6-13(17)7-9-14/h1-9,15H,10,17H2. The summed E-state index contributed by atoms with van der Waals surface area (Å²) in [6, 6.07) is 19.1. The van der Waals surface area contributed by atoms with E-state index >= 15 is 0 Å². The van der Waals surface area contributed by atoms with E-state index in [9.17, 15) is 0 Å². The van der Waals surface area contributed by atoms with Crippen LogP contribution in [0.25, 0.3) is 0 Å². The Bertz CT molecular complexity index is 529. The number of nitrogen functional groups attached to an aromatic ring is 1. The summed E-state index contributed by atoms with van der Waals surface area (Å²) in [7, 11) is 0. The molecule has 2 N–H and O–H groups in total. The molecule has 0 aliphatic carbocycles. The molecule has 1 atom stereocenters. The first kappa shape index (κ1) is 12.0. The smallest absolute Gasteiger partial charge is 0.137 e. The Morgan fingerprint density at radius 2 is 1.72 bits per heavy atom. The molecule has 0 saturated carbocycles. The number of hydrogen-bond donors (Lipinski definition) is 1. The van der Waals surface area contributed by atoms with Crippen molar-refractivity contribution in [3.8, 4) is 11.8 Å². The average molecular weight is 238 g/mol. The van der Waals surface area contributed by atoms with Crippen molar-refractivity contribution in [1.29, 1.82) is 5.26 Å². The number of nitrogens with two attached hydrogens (primary N) is 1. The van der Waals surface area contributed by atoms with Gasteiger partial charge in [-0.15, -0.1) is 0 Å². The van der Waals surface area contributed by atoms with Gasteiger partial charge in [0, 0.05) is 5.69 Å². The highest BCUT2D eigenvalue weighted by Gasteiger charge is 2.12. The number of benzene rings is 2. The van der Waals surface area contributed by atoms with Crippen LogP contribution in [0.5, 0.6) is 5.75 Å². The molecule has 3 heteroatoms. The lowest BCUT2D eigenvalue weighted by molar-refractivity contribution is 0.211. The predicted molar refractivity (Wildman–Crippen MR) is 70.9 cm³/mol. The van der Waals surface area contributed by atoms with Gasteiger partial charge in [0.25, 0.3) is 0 Å². The summed E-state index contributed by atoms with van der Waals surface area (Å²) in [4.78, 5) is 0. The molecule has 3 nitrogen and oxygen atoms in total. The van der Waals surface area contributed by atoms with Crippen molar-refractivity contribution in [1.82, 2.24) is 0 Å². The van der Waals surface area contributed by atoms with Crippen LogP contribution in [0.2, 0.25) is 0 Å². The zero-order chi connectivity index (χ0) is 12.8. The van der Waals surface area contributed by atoms with Crippen LogP contribution < -0.4 is 10.5 Å². The summed E-state index contributed by atoms with van der Waals surface area (Å²) < 4.78 is 5.82. The van der Waals surface area contributed by atoms with E-state index in [0.29, 0.717) is 17.9 Å². The lowest BCUT2D eigenvalue weighted by Gasteiger charge is -2.17. The molecule has 1 unspecified atom stereocenters. The molecule has 90 valence electrons. The van der Waals surface area contributed by atoms with Crippen LogP contribution in [0.4, 0.5) is 5.69 Å². The number of ether oxygens (including phenoxy) is 1. The number of nitriles is 1. The van der Waals surface area contributed by atoms with E-state index in [-0.39, 0.29) is 6.10 Å². The SMILES string of the molecule is N#CCC(Oc1ccc(N)cc1)c1ccccc1. The van der Waals surface area contributed by atoms with Crippen LogP contribution in [0, 0.1) is 11.3 Å². The van der Waals surface area contributed by atoms with Crippen molar-refractivity contribution in [2.24, 2.45) is 0 Å². The minimum Gasteiger partial charge on any atom is -0.485 e. The maximum absolute atomic E-state index is 8.87. The monoisotopic (exact) mass is 238 g/mol. The topological polar surface area (TPSA) is 59.0 Å². The molecule has 0 fully saturated rings. The van der Waals surface area contributed by atoms with E-state index in [1.807, 2.05) is 42.5 Å². The second kappa shape index (κ2) is 5.74. The van der Waals surface area contributed by atoms with E-state index in [1.165, 1.54) is 0 Å². The Balaban J connectivity index is 2.17. The number of anilines is 1. The van der Waals surface area contributed by atoms with Crippen molar-refractivity contribution in [2.75, 3.05) is 5.73 Å². The van der Waals surface area contributed by atoms with Gasteiger partial charge in [-0.2, -0.15) is 5.26 Å². The van der Waals surface area contributed by atoms with Crippen molar-refractivity contribution in [3.05, 3.63) is 60.2 Å². The second-order valence-corrected chi connectivity index (χ2v) is 3.95. The molecular formula is C15H14N2O. The minimum atomic E-state index is -0.250. The first-order valence-electron chi connectivity index (χ1n) is 5.73. The van der Waals surface area contributed by atoms with E-state index in [0.717, 1.165) is 5.56 Å². The van der Waals surface area contributed by atoms with Crippen LogP contribution in [-0.2, 0) is 0 Å². The van der Waals surface area contributed by atoms with Crippen LogP contribution in [0.15, 0.2) is 54.6 Å². The van der Waals surface area contributed by atoms with Gasteiger partial charge in [-0.05, 0) is 29.8 Å². The van der Waals surface area contributed by atoms with Crippen molar-refractivity contribution in [3.63, 3.8) is 0 Å². The van der Waals surface area contributed by atoms with Gasteiger partial charge >= 0.3 is 0 Å². The van der Waals surface area contributed by atoms with Gasteiger partial charge in [-0.3, -0.25) is 0 Å². The molecule has 0 spiro atoms. The minimum absolute atomic E-state index is 0.250. The predicted octanol–water partition coefficient (Wildman–Crippen LogP) is 3.30. The lowest BCUT2D eigenvalue weighted by atomic mass is 10.1. The van der Waals surface area contributed by atoms with Crippen molar-refractivity contribution < 1.29 is 4.74 Å².